The molecule has 28 heavy (non-hydrogen) atoms. The van der Waals surface area contributed by atoms with Crippen molar-refractivity contribution < 1.29 is 4.42 Å². The molecule has 0 fully saturated rings. The summed E-state index contributed by atoms with van der Waals surface area (Å²) < 4.78 is 7.91. The van der Waals surface area contributed by atoms with E-state index in [1.165, 1.54) is 5.56 Å². The molecule has 0 spiro atoms. The SMILES string of the molecule is Cc1nn(-c2ccccc2)c(C)c1CN(C)[C@@H](C)c1nnc(-c2cccs2)o1. The van der Waals surface area contributed by atoms with Crippen LogP contribution in [-0.2, 0) is 6.54 Å². The highest BCUT2D eigenvalue weighted by Crippen LogP contribution is 2.28. The normalized spacial score (nSPS) is 12.6. The summed E-state index contributed by atoms with van der Waals surface area (Å²) in [6.07, 6.45) is 0. The summed E-state index contributed by atoms with van der Waals surface area (Å²) in [5.74, 6) is 1.20. The summed E-state index contributed by atoms with van der Waals surface area (Å²) in [5, 5.41) is 15.2. The maximum atomic E-state index is 5.91. The molecule has 3 aromatic heterocycles. The molecule has 0 N–H and O–H groups in total. The molecule has 7 heteroatoms. The Morgan fingerprint density at radius 1 is 1.11 bits per heavy atom. The van der Waals surface area contributed by atoms with Gasteiger partial charge in [0.05, 0.1) is 22.3 Å². The van der Waals surface area contributed by atoms with Gasteiger partial charge in [-0.15, -0.1) is 21.5 Å². The number of para-hydroxylation sites is 1. The van der Waals surface area contributed by atoms with E-state index in [2.05, 4.69) is 55.0 Å². The molecule has 0 radical (unpaired) electrons. The van der Waals surface area contributed by atoms with Gasteiger partial charge in [0.1, 0.15) is 0 Å². The maximum absolute atomic E-state index is 5.91. The minimum atomic E-state index is 0.0000810. The second-order valence-corrected chi connectivity index (χ2v) is 7.86. The standard InChI is InChI=1S/C21H23N5OS/c1-14-18(15(2)26(24-14)17-9-6-5-7-10-17)13-25(4)16(3)20-22-23-21(27-20)19-11-8-12-28-19/h5-12,16H,13H2,1-4H3/t16-/m0/s1. The van der Waals surface area contributed by atoms with Gasteiger partial charge in [-0.2, -0.15) is 5.10 Å². The van der Waals surface area contributed by atoms with E-state index in [-0.39, 0.29) is 6.04 Å². The number of hydrogen-bond acceptors (Lipinski definition) is 6. The Kier molecular flexibility index (Phi) is 5.11. The molecular weight excluding hydrogens is 370 g/mol. The fourth-order valence-electron chi connectivity index (χ4n) is 3.20. The van der Waals surface area contributed by atoms with Crippen molar-refractivity contribution in [2.24, 2.45) is 0 Å². The molecule has 0 saturated heterocycles. The number of hydrogen-bond donors (Lipinski definition) is 0. The highest BCUT2D eigenvalue weighted by Gasteiger charge is 2.22. The van der Waals surface area contributed by atoms with Gasteiger partial charge < -0.3 is 4.42 Å². The predicted octanol–water partition coefficient (Wildman–Crippen LogP) is 4.79. The third kappa shape index (κ3) is 3.50. The quantitative estimate of drug-likeness (QED) is 0.471. The van der Waals surface area contributed by atoms with Crippen molar-refractivity contribution in [3.8, 4) is 16.5 Å². The molecule has 0 amide bonds. The van der Waals surface area contributed by atoms with Crippen LogP contribution in [0.25, 0.3) is 16.5 Å². The topological polar surface area (TPSA) is 60.0 Å². The van der Waals surface area contributed by atoms with Crippen LogP contribution in [0.3, 0.4) is 0 Å². The van der Waals surface area contributed by atoms with Crippen LogP contribution in [-0.4, -0.2) is 31.9 Å². The largest absolute Gasteiger partial charge is 0.418 e. The van der Waals surface area contributed by atoms with Crippen LogP contribution in [0.4, 0.5) is 0 Å². The number of aromatic nitrogens is 4. The Balaban J connectivity index is 1.54. The molecule has 144 valence electrons. The van der Waals surface area contributed by atoms with E-state index in [1.54, 1.807) is 11.3 Å². The van der Waals surface area contributed by atoms with Gasteiger partial charge in [-0.05, 0) is 51.4 Å². The molecule has 1 aromatic carbocycles. The Morgan fingerprint density at radius 3 is 2.61 bits per heavy atom. The van der Waals surface area contributed by atoms with Gasteiger partial charge in [-0.1, -0.05) is 24.3 Å². The lowest BCUT2D eigenvalue weighted by Crippen LogP contribution is -2.23. The molecular formula is C21H23N5OS. The van der Waals surface area contributed by atoms with Crippen LogP contribution in [0.2, 0.25) is 0 Å². The Morgan fingerprint density at radius 2 is 1.89 bits per heavy atom. The minimum Gasteiger partial charge on any atom is -0.418 e. The zero-order valence-electron chi connectivity index (χ0n) is 16.5. The summed E-state index contributed by atoms with van der Waals surface area (Å²) >= 11 is 1.60. The molecule has 3 heterocycles. The zero-order valence-corrected chi connectivity index (χ0v) is 17.3. The average molecular weight is 394 g/mol. The summed E-state index contributed by atoms with van der Waals surface area (Å²) in [7, 11) is 2.07. The van der Waals surface area contributed by atoms with E-state index in [0.717, 1.165) is 28.5 Å². The molecule has 0 aliphatic carbocycles. The van der Waals surface area contributed by atoms with Crippen LogP contribution in [0.15, 0.2) is 52.3 Å². The first-order valence-electron chi connectivity index (χ1n) is 9.22. The fraction of sp³-hybridized carbons (Fsp3) is 0.286. The number of benzene rings is 1. The number of thiophene rings is 1. The van der Waals surface area contributed by atoms with E-state index in [9.17, 15) is 0 Å². The molecule has 0 aliphatic heterocycles. The first-order chi connectivity index (χ1) is 13.5. The summed E-state index contributed by atoms with van der Waals surface area (Å²) in [5.41, 5.74) is 4.47. The number of nitrogens with zero attached hydrogens (tertiary/aromatic N) is 5. The second kappa shape index (κ2) is 7.69. The van der Waals surface area contributed by atoms with E-state index < -0.39 is 0 Å². The summed E-state index contributed by atoms with van der Waals surface area (Å²) in [6, 6.07) is 14.2. The van der Waals surface area contributed by atoms with Crippen molar-refractivity contribution in [1.29, 1.82) is 0 Å². The minimum absolute atomic E-state index is 0.0000810. The van der Waals surface area contributed by atoms with E-state index >= 15 is 0 Å². The number of rotatable bonds is 6. The molecule has 4 rings (SSSR count). The fourth-order valence-corrected chi connectivity index (χ4v) is 3.85. The molecule has 6 nitrogen and oxygen atoms in total. The lowest BCUT2D eigenvalue weighted by atomic mass is 10.1. The van der Waals surface area contributed by atoms with Gasteiger partial charge in [0, 0.05) is 17.8 Å². The highest BCUT2D eigenvalue weighted by atomic mass is 32.1. The van der Waals surface area contributed by atoms with Crippen LogP contribution in [0.1, 0.15) is 35.8 Å². The molecule has 0 saturated carbocycles. The van der Waals surface area contributed by atoms with Crippen molar-refractivity contribution in [2.45, 2.75) is 33.4 Å². The van der Waals surface area contributed by atoms with Gasteiger partial charge in [0.25, 0.3) is 5.89 Å². The van der Waals surface area contributed by atoms with Gasteiger partial charge in [0.15, 0.2) is 0 Å². The molecule has 1 atom stereocenters. The van der Waals surface area contributed by atoms with Crippen LogP contribution >= 0.6 is 11.3 Å². The first-order valence-corrected chi connectivity index (χ1v) is 10.1. The Hall–Kier alpha value is -2.77. The van der Waals surface area contributed by atoms with Crippen molar-refractivity contribution in [2.75, 3.05) is 7.05 Å². The zero-order chi connectivity index (χ0) is 19.7. The van der Waals surface area contributed by atoms with Gasteiger partial charge >= 0.3 is 0 Å². The Bertz CT molecular complexity index is 1050. The first kappa shape index (κ1) is 18.6. The summed E-state index contributed by atoms with van der Waals surface area (Å²) in [4.78, 5) is 3.20. The van der Waals surface area contributed by atoms with Crippen molar-refractivity contribution in [3.63, 3.8) is 0 Å². The summed E-state index contributed by atoms with van der Waals surface area (Å²) in [6.45, 7) is 7.00. The molecule has 0 bridgehead atoms. The van der Waals surface area contributed by atoms with Crippen molar-refractivity contribution >= 4 is 11.3 Å². The van der Waals surface area contributed by atoms with Gasteiger partial charge in [-0.3, -0.25) is 4.90 Å². The van der Waals surface area contributed by atoms with E-state index in [0.29, 0.717) is 11.8 Å². The maximum Gasteiger partial charge on any atom is 0.257 e. The van der Waals surface area contributed by atoms with Gasteiger partial charge in [0.2, 0.25) is 5.89 Å². The Labute approximate surface area is 168 Å². The van der Waals surface area contributed by atoms with Crippen molar-refractivity contribution in [1.82, 2.24) is 24.9 Å². The number of aryl methyl sites for hydroxylation is 1. The lowest BCUT2D eigenvalue weighted by molar-refractivity contribution is 0.217. The second-order valence-electron chi connectivity index (χ2n) is 6.91. The van der Waals surface area contributed by atoms with Gasteiger partial charge in [-0.25, -0.2) is 4.68 Å². The van der Waals surface area contributed by atoms with Crippen molar-refractivity contribution in [3.05, 3.63) is 70.7 Å². The lowest BCUT2D eigenvalue weighted by Gasteiger charge is -2.22. The monoisotopic (exact) mass is 393 g/mol. The highest BCUT2D eigenvalue weighted by molar-refractivity contribution is 7.13. The third-order valence-corrected chi connectivity index (χ3v) is 5.90. The third-order valence-electron chi connectivity index (χ3n) is 5.04. The van der Waals surface area contributed by atoms with Crippen LogP contribution in [0.5, 0.6) is 0 Å². The molecule has 4 aromatic rings. The molecule has 0 aliphatic rings. The van der Waals surface area contributed by atoms with E-state index in [4.69, 9.17) is 9.52 Å². The average Bonchev–Trinajstić information content (AvgIpc) is 3.45. The smallest absolute Gasteiger partial charge is 0.257 e. The van der Waals surface area contributed by atoms with E-state index in [1.807, 2.05) is 40.4 Å². The molecule has 0 unspecified atom stereocenters. The predicted molar refractivity (Wildman–Crippen MR) is 111 cm³/mol. The van der Waals surface area contributed by atoms with Crippen LogP contribution < -0.4 is 0 Å². The van der Waals surface area contributed by atoms with Crippen LogP contribution in [0, 0.1) is 13.8 Å².